The van der Waals surface area contributed by atoms with E-state index in [2.05, 4.69) is 123 Å². The first-order chi connectivity index (χ1) is 18.2. The van der Waals surface area contributed by atoms with Gasteiger partial charge in [0, 0.05) is 0 Å². The van der Waals surface area contributed by atoms with E-state index < -0.39 is 7.92 Å². The molecule has 0 aromatic heterocycles. The minimum absolute atomic E-state index is 0. The Morgan fingerprint density at radius 3 is 1.25 bits per heavy atom. The maximum absolute atomic E-state index is 2.38. The molecule has 2 heteroatoms. The van der Waals surface area contributed by atoms with Gasteiger partial charge in [-0.1, -0.05) is 165 Å². The van der Waals surface area contributed by atoms with Gasteiger partial charge in [0.2, 0.25) is 0 Å². The summed E-state index contributed by atoms with van der Waals surface area (Å²) in [6, 6.07) is 39.8. The summed E-state index contributed by atoms with van der Waals surface area (Å²) in [7, 11) is -0.471. The molecule has 0 radical (unpaired) electrons. The summed E-state index contributed by atoms with van der Waals surface area (Å²) in [6.45, 7) is 4.21. The van der Waals surface area contributed by atoms with E-state index in [1.807, 2.05) is 0 Å². The van der Waals surface area contributed by atoms with E-state index in [1.165, 1.54) is 90.4 Å². The third-order valence-electron chi connectivity index (χ3n) is 7.43. The normalized spacial score (nSPS) is 13.9. The van der Waals surface area contributed by atoms with E-state index in [9.17, 15) is 0 Å². The topological polar surface area (TPSA) is 0 Å². The molecule has 2 saturated carbocycles. The summed E-state index contributed by atoms with van der Waals surface area (Å²) in [6.07, 6.45) is 13.0. The van der Waals surface area contributed by atoms with E-state index in [-0.39, 0.29) is 31.9 Å². The first kappa shape index (κ1) is 35.9. The maximum Gasteiger partial charge on any atom is 2.00 e. The monoisotopic (exact) mass is 592 g/mol. The first-order valence-electron chi connectivity index (χ1n) is 14.2. The Kier molecular flexibility index (Phi) is 17.8. The van der Waals surface area contributed by atoms with Crippen LogP contribution in [0.25, 0.3) is 0 Å². The van der Waals surface area contributed by atoms with Gasteiger partial charge in [-0.25, -0.2) is 0 Å². The fraction of sp³-hybridized carbons (Fsp3) is 0.316. The molecule has 0 saturated heterocycles. The maximum atomic E-state index is 2.38. The second kappa shape index (κ2) is 19.8. The minimum Gasteiger partial charge on any atom is -0.358 e. The summed E-state index contributed by atoms with van der Waals surface area (Å²) >= 11 is 0. The van der Waals surface area contributed by atoms with Gasteiger partial charge in [0.25, 0.3) is 0 Å². The van der Waals surface area contributed by atoms with Gasteiger partial charge < -0.3 is 14.9 Å². The fourth-order valence-electron chi connectivity index (χ4n) is 5.45. The third kappa shape index (κ3) is 11.4. The van der Waals surface area contributed by atoms with Crippen LogP contribution in [0.4, 0.5) is 0 Å². The zero-order chi connectivity index (χ0) is 25.7. The number of aryl methyl sites for hydroxylation is 2. The van der Waals surface area contributed by atoms with Crippen LogP contribution in [-0.2, 0) is 17.1 Å². The van der Waals surface area contributed by atoms with E-state index >= 15 is 0 Å². The minimum atomic E-state index is -0.471. The molecule has 0 heterocycles. The van der Waals surface area contributed by atoms with Gasteiger partial charge in [-0.15, -0.1) is 0 Å². The molecule has 2 aliphatic carbocycles. The molecule has 0 unspecified atom stereocenters. The molecule has 0 atom stereocenters. The zero-order valence-electron chi connectivity index (χ0n) is 25.1. The molecule has 40 heavy (non-hydrogen) atoms. The molecule has 0 N–H and O–H groups in total. The van der Waals surface area contributed by atoms with E-state index in [4.69, 9.17) is 0 Å². The van der Waals surface area contributed by atoms with Crippen LogP contribution < -0.4 is 15.9 Å². The Hall–Kier alpha value is -2.17. The quantitative estimate of drug-likeness (QED) is 0.126. The first-order valence-corrected chi connectivity index (χ1v) is 15.6. The van der Waals surface area contributed by atoms with Crippen LogP contribution >= 0.6 is 7.92 Å². The average molecular weight is 593 g/mol. The van der Waals surface area contributed by atoms with E-state index in [0.29, 0.717) is 0 Å². The predicted molar refractivity (Wildman–Crippen MR) is 178 cm³/mol. The second-order valence-electron chi connectivity index (χ2n) is 10.5. The van der Waals surface area contributed by atoms with Crippen molar-refractivity contribution in [3.8, 4) is 0 Å². The number of rotatable bonds is 4. The van der Waals surface area contributed by atoms with Crippen LogP contribution in [0.2, 0.25) is 0 Å². The van der Waals surface area contributed by atoms with Crippen LogP contribution in [0, 0.1) is 28.7 Å². The van der Waals surface area contributed by atoms with Gasteiger partial charge in [-0.05, 0) is 62.0 Å². The molecule has 4 aromatic carbocycles. The van der Waals surface area contributed by atoms with Gasteiger partial charge in [0.05, 0.1) is 0 Å². The molecule has 0 nitrogen and oxygen atoms in total. The predicted octanol–water partition coefficient (Wildman–Crippen LogP) is 10.3. The van der Waals surface area contributed by atoms with Crippen molar-refractivity contribution in [2.45, 2.75) is 77.6 Å². The van der Waals surface area contributed by atoms with Crippen LogP contribution in [0.1, 0.15) is 80.4 Å². The summed E-state index contributed by atoms with van der Waals surface area (Å²) in [5.41, 5.74) is 4.21. The van der Waals surface area contributed by atoms with Gasteiger partial charge in [-0.2, -0.15) is 0 Å². The van der Waals surface area contributed by atoms with Crippen LogP contribution in [0.15, 0.2) is 109 Å². The Morgan fingerprint density at radius 2 is 0.875 bits per heavy atom. The summed E-state index contributed by atoms with van der Waals surface area (Å²) < 4.78 is 0. The SMILES string of the molecule is C1CCCC1.Cc1cccc(C)c1.[CH3-].[CH3-].[Fe+2].c1ccc(P(c2ccccc2)c2ccc(C3CCCC3)cc2)cc1. The van der Waals surface area contributed by atoms with Crippen molar-refractivity contribution in [1.82, 2.24) is 0 Å². The van der Waals surface area contributed by atoms with Crippen molar-refractivity contribution in [2.24, 2.45) is 0 Å². The molecular weight excluding hydrogens is 543 g/mol. The molecule has 2 fully saturated rings. The van der Waals surface area contributed by atoms with Gasteiger partial charge in [0.15, 0.2) is 0 Å². The van der Waals surface area contributed by atoms with Crippen molar-refractivity contribution in [3.05, 3.63) is 141 Å². The van der Waals surface area contributed by atoms with Crippen LogP contribution in [0.3, 0.4) is 0 Å². The smallest absolute Gasteiger partial charge is 0.358 e. The zero-order valence-corrected chi connectivity index (χ0v) is 27.1. The Labute approximate surface area is 258 Å². The van der Waals surface area contributed by atoms with Crippen molar-refractivity contribution >= 4 is 23.8 Å². The molecule has 0 aliphatic heterocycles. The van der Waals surface area contributed by atoms with Crippen molar-refractivity contribution in [1.29, 1.82) is 0 Å². The van der Waals surface area contributed by atoms with Crippen LogP contribution in [0.5, 0.6) is 0 Å². The Bertz CT molecular complexity index is 1100. The summed E-state index contributed by atoms with van der Waals surface area (Å²) in [4.78, 5) is 0. The van der Waals surface area contributed by atoms with Crippen LogP contribution in [-0.4, -0.2) is 0 Å². The van der Waals surface area contributed by atoms with Crippen molar-refractivity contribution in [2.75, 3.05) is 0 Å². The molecule has 0 amide bonds. The van der Waals surface area contributed by atoms with Gasteiger partial charge in [0.1, 0.15) is 0 Å². The molecule has 4 aromatic rings. The fourth-order valence-corrected chi connectivity index (χ4v) is 7.73. The average Bonchev–Trinajstić information content (AvgIpc) is 3.69. The van der Waals surface area contributed by atoms with Gasteiger partial charge in [-0.3, -0.25) is 0 Å². The van der Waals surface area contributed by atoms with Crippen molar-refractivity contribution in [3.63, 3.8) is 0 Å². The van der Waals surface area contributed by atoms with Crippen molar-refractivity contribution < 1.29 is 17.1 Å². The molecule has 0 spiro atoms. The van der Waals surface area contributed by atoms with Gasteiger partial charge >= 0.3 is 17.1 Å². The molecule has 214 valence electrons. The van der Waals surface area contributed by atoms with E-state index in [1.54, 1.807) is 0 Å². The Balaban J connectivity index is 0.000000416. The summed E-state index contributed by atoms with van der Waals surface area (Å²) in [5, 5.41) is 4.30. The Morgan fingerprint density at radius 1 is 0.475 bits per heavy atom. The number of hydrogen-bond donors (Lipinski definition) is 0. The molecule has 6 rings (SSSR count). The number of hydrogen-bond acceptors (Lipinski definition) is 0. The van der Waals surface area contributed by atoms with E-state index in [0.717, 1.165) is 5.92 Å². The number of benzene rings is 4. The second-order valence-corrected chi connectivity index (χ2v) is 12.7. The third-order valence-corrected chi connectivity index (χ3v) is 9.87. The summed E-state index contributed by atoms with van der Waals surface area (Å²) in [5.74, 6) is 0.790. The molecule has 0 bridgehead atoms. The largest absolute Gasteiger partial charge is 2.00 e. The molecular formula is C38H49FeP. The standard InChI is InChI=1S/C23H23P.C8H10.C5H10.2CH3.Fe/c1-3-11-21(12-4-1)24(22-13-5-2-6-14-22)23-17-15-20(16-18-23)19-9-7-8-10-19;1-7-4-3-5-8(2)6-7;1-2-4-5-3-1;;;/h1-6,11-19H,7-10H2;3-6H,1-2H3;1-5H2;2*1H3;/q;;;2*-1;+2. The molecule has 2 aliphatic rings.